The van der Waals surface area contributed by atoms with Crippen LogP contribution in [0.4, 0.5) is 0 Å². The van der Waals surface area contributed by atoms with Crippen molar-refractivity contribution < 1.29 is 5.11 Å². The van der Waals surface area contributed by atoms with E-state index in [1.807, 2.05) is 30.3 Å². The lowest BCUT2D eigenvalue weighted by Gasteiger charge is -2.16. The first-order valence-electron chi connectivity index (χ1n) is 4.55. The maximum Gasteiger partial charge on any atom is 0.148 e. The lowest BCUT2D eigenvalue weighted by Crippen LogP contribution is -2.18. The van der Waals surface area contributed by atoms with Gasteiger partial charge in [-0.15, -0.1) is 6.58 Å². The topological polar surface area (TPSA) is 20.2 Å². The lowest BCUT2D eigenvalue weighted by molar-refractivity contribution is 0.122. The number of allylic oxidation sites excluding steroid dienone is 1. The van der Waals surface area contributed by atoms with E-state index in [4.69, 9.17) is 0 Å². The van der Waals surface area contributed by atoms with Gasteiger partial charge in [0.15, 0.2) is 0 Å². The summed E-state index contributed by atoms with van der Waals surface area (Å²) in [6, 6.07) is 9.42. The van der Waals surface area contributed by atoms with Gasteiger partial charge in [0.05, 0.1) is 0 Å². The third-order valence-electron chi connectivity index (χ3n) is 1.91. The Morgan fingerprint density at radius 1 is 1.43 bits per heavy atom. The molecule has 1 rings (SSSR count). The Balaban J connectivity index is 2.87. The molecule has 0 aliphatic carbocycles. The highest BCUT2D eigenvalue weighted by molar-refractivity contribution is 5.30. The summed E-state index contributed by atoms with van der Waals surface area (Å²) in [5.74, 6) is 5.67. The second-order valence-corrected chi connectivity index (χ2v) is 3.23. The molecule has 1 nitrogen and oxygen atoms in total. The molecule has 0 saturated carbocycles. The molecule has 0 bridgehead atoms. The van der Waals surface area contributed by atoms with Crippen LogP contribution in [0.1, 0.15) is 18.9 Å². The first kappa shape index (κ1) is 10.6. The molecule has 1 atom stereocenters. The summed E-state index contributed by atoms with van der Waals surface area (Å²) in [5.41, 5.74) is -0.249. The van der Waals surface area contributed by atoms with Gasteiger partial charge in [-0.25, -0.2) is 0 Å². The van der Waals surface area contributed by atoms with Crippen molar-refractivity contribution in [1.82, 2.24) is 0 Å². The Morgan fingerprint density at radius 3 is 2.64 bits per heavy atom. The van der Waals surface area contributed by atoms with Crippen LogP contribution < -0.4 is 0 Å². The van der Waals surface area contributed by atoms with Crippen LogP contribution in [0.25, 0.3) is 0 Å². The average molecular weight is 186 g/mol. The molecule has 0 radical (unpaired) electrons. The molecule has 1 N–H and O–H groups in total. The third-order valence-corrected chi connectivity index (χ3v) is 1.91. The number of rotatable bonds is 2. The summed E-state index contributed by atoms with van der Waals surface area (Å²) in [6.45, 7) is 5.26. The minimum Gasteiger partial charge on any atom is -0.374 e. The van der Waals surface area contributed by atoms with E-state index in [1.54, 1.807) is 13.0 Å². The van der Waals surface area contributed by atoms with Gasteiger partial charge in [0.2, 0.25) is 0 Å². The van der Waals surface area contributed by atoms with E-state index in [-0.39, 0.29) is 0 Å². The molecule has 0 fully saturated rings. The molecular formula is C13H14O. The maximum atomic E-state index is 10.0. The molecule has 1 aromatic carbocycles. The van der Waals surface area contributed by atoms with Gasteiger partial charge in [-0.05, 0) is 12.5 Å². The smallest absolute Gasteiger partial charge is 0.148 e. The summed E-state index contributed by atoms with van der Waals surface area (Å²) >= 11 is 0. The van der Waals surface area contributed by atoms with Crippen molar-refractivity contribution in [2.45, 2.75) is 18.9 Å². The molecule has 0 amide bonds. The summed E-state index contributed by atoms with van der Waals surface area (Å²) < 4.78 is 0. The number of benzene rings is 1. The maximum absolute atomic E-state index is 10.0. The van der Waals surface area contributed by atoms with Gasteiger partial charge in [0.1, 0.15) is 5.60 Å². The molecule has 1 aromatic rings. The SMILES string of the molecule is C=CCC#CC(C)(O)c1ccccc1. The summed E-state index contributed by atoms with van der Waals surface area (Å²) in [6.07, 6.45) is 2.32. The van der Waals surface area contributed by atoms with E-state index in [0.29, 0.717) is 6.42 Å². The second-order valence-electron chi connectivity index (χ2n) is 3.23. The summed E-state index contributed by atoms with van der Waals surface area (Å²) in [5, 5.41) is 10.0. The number of hydrogen-bond acceptors (Lipinski definition) is 1. The first-order valence-corrected chi connectivity index (χ1v) is 4.55. The van der Waals surface area contributed by atoms with E-state index >= 15 is 0 Å². The number of hydrogen-bond donors (Lipinski definition) is 1. The Kier molecular flexibility index (Phi) is 3.50. The van der Waals surface area contributed by atoms with Crippen molar-refractivity contribution in [3.8, 4) is 11.8 Å². The van der Waals surface area contributed by atoms with Crippen molar-refractivity contribution in [2.24, 2.45) is 0 Å². The zero-order valence-corrected chi connectivity index (χ0v) is 8.33. The fourth-order valence-corrected chi connectivity index (χ4v) is 1.13. The fraction of sp³-hybridized carbons (Fsp3) is 0.231. The van der Waals surface area contributed by atoms with Crippen molar-refractivity contribution in [2.75, 3.05) is 0 Å². The van der Waals surface area contributed by atoms with Gasteiger partial charge in [-0.3, -0.25) is 0 Å². The normalized spacial score (nSPS) is 13.6. The van der Waals surface area contributed by atoms with Crippen LogP contribution in [0.3, 0.4) is 0 Å². The Hall–Kier alpha value is -1.52. The van der Waals surface area contributed by atoms with Crippen LogP contribution in [-0.4, -0.2) is 5.11 Å². The molecule has 0 spiro atoms. The van der Waals surface area contributed by atoms with Gasteiger partial charge >= 0.3 is 0 Å². The van der Waals surface area contributed by atoms with E-state index in [9.17, 15) is 5.11 Å². The predicted octanol–water partition coefficient (Wildman–Crippen LogP) is 2.47. The van der Waals surface area contributed by atoms with E-state index in [1.165, 1.54) is 0 Å². The zero-order chi connectivity index (χ0) is 10.4. The highest BCUT2D eigenvalue weighted by atomic mass is 16.3. The van der Waals surface area contributed by atoms with Gasteiger partial charge < -0.3 is 5.11 Å². The van der Waals surface area contributed by atoms with Gasteiger partial charge in [0.25, 0.3) is 0 Å². The molecule has 0 saturated heterocycles. The molecular weight excluding hydrogens is 172 g/mol. The molecule has 1 unspecified atom stereocenters. The molecule has 1 heteroatoms. The summed E-state index contributed by atoms with van der Waals surface area (Å²) in [7, 11) is 0. The predicted molar refractivity (Wildman–Crippen MR) is 58.6 cm³/mol. The van der Waals surface area contributed by atoms with Gasteiger partial charge in [-0.2, -0.15) is 0 Å². The quantitative estimate of drug-likeness (QED) is 0.555. The van der Waals surface area contributed by atoms with Crippen molar-refractivity contribution in [3.05, 3.63) is 48.6 Å². The minimum atomic E-state index is -1.07. The monoisotopic (exact) mass is 186 g/mol. The van der Waals surface area contributed by atoms with Crippen molar-refractivity contribution >= 4 is 0 Å². The van der Waals surface area contributed by atoms with Crippen molar-refractivity contribution in [3.63, 3.8) is 0 Å². The molecule has 0 aliphatic heterocycles. The Labute approximate surface area is 85.1 Å². The highest BCUT2D eigenvalue weighted by Gasteiger charge is 2.18. The summed E-state index contributed by atoms with van der Waals surface area (Å²) in [4.78, 5) is 0. The van der Waals surface area contributed by atoms with Gasteiger partial charge in [0, 0.05) is 6.42 Å². The molecule has 14 heavy (non-hydrogen) atoms. The van der Waals surface area contributed by atoms with Gasteiger partial charge in [-0.1, -0.05) is 48.2 Å². The van der Waals surface area contributed by atoms with Crippen LogP contribution in [0.15, 0.2) is 43.0 Å². The zero-order valence-electron chi connectivity index (χ0n) is 8.33. The van der Waals surface area contributed by atoms with Crippen LogP contribution in [0.5, 0.6) is 0 Å². The fourth-order valence-electron chi connectivity index (χ4n) is 1.13. The largest absolute Gasteiger partial charge is 0.374 e. The minimum absolute atomic E-state index is 0.600. The highest BCUT2D eigenvalue weighted by Crippen LogP contribution is 2.18. The van der Waals surface area contributed by atoms with E-state index < -0.39 is 5.60 Å². The molecule has 0 aliphatic rings. The van der Waals surface area contributed by atoms with Crippen LogP contribution in [-0.2, 0) is 5.60 Å². The Morgan fingerprint density at radius 2 is 2.07 bits per heavy atom. The van der Waals surface area contributed by atoms with E-state index in [0.717, 1.165) is 5.56 Å². The van der Waals surface area contributed by atoms with Crippen molar-refractivity contribution in [1.29, 1.82) is 0 Å². The second kappa shape index (κ2) is 4.64. The third kappa shape index (κ3) is 2.76. The van der Waals surface area contributed by atoms with Crippen LogP contribution >= 0.6 is 0 Å². The molecule has 72 valence electrons. The van der Waals surface area contributed by atoms with Crippen LogP contribution in [0.2, 0.25) is 0 Å². The average Bonchev–Trinajstić information content (AvgIpc) is 2.19. The first-order chi connectivity index (χ1) is 6.67. The molecule has 0 heterocycles. The number of aliphatic hydroxyl groups is 1. The Bertz CT molecular complexity index is 352. The lowest BCUT2D eigenvalue weighted by atomic mass is 9.97. The van der Waals surface area contributed by atoms with Crippen LogP contribution in [0, 0.1) is 11.8 Å². The molecule has 0 aromatic heterocycles. The van der Waals surface area contributed by atoms with E-state index in [2.05, 4.69) is 18.4 Å². The standard InChI is InChI=1S/C13H14O/c1-3-4-8-11-13(2,14)12-9-6-5-7-10-12/h3,5-7,9-10,14H,1,4H2,2H3.